The van der Waals surface area contributed by atoms with Crippen LogP contribution in [0.1, 0.15) is 28.4 Å². The number of anilines is 1. The molecule has 1 N–H and O–H groups in total. The van der Waals surface area contributed by atoms with Crippen molar-refractivity contribution in [1.29, 1.82) is 0 Å². The van der Waals surface area contributed by atoms with Gasteiger partial charge in [0, 0.05) is 10.9 Å². The molecule has 168 valence electrons. The smallest absolute Gasteiger partial charge is 0.340 e. The van der Waals surface area contributed by atoms with E-state index in [4.69, 9.17) is 4.74 Å². The number of nitrogens with zero attached hydrogens (tertiary/aromatic N) is 2. The van der Waals surface area contributed by atoms with Gasteiger partial charge >= 0.3 is 5.97 Å². The summed E-state index contributed by atoms with van der Waals surface area (Å²) in [5.74, 6) is -0.970. The molecule has 33 heavy (non-hydrogen) atoms. The molecule has 0 aliphatic carbocycles. The molecule has 0 saturated heterocycles. The number of aromatic nitrogens is 2. The molecule has 0 saturated carbocycles. The SMILES string of the molecule is CCOC(=O)c1ccccc1NC(=O)Cn1cnc2scc(-c3ccc(C)c(C)c3)c2c1=O. The number of rotatable bonds is 6. The Balaban J connectivity index is 1.63. The largest absolute Gasteiger partial charge is 0.462 e. The Hall–Kier alpha value is -3.78. The van der Waals surface area contributed by atoms with Crippen LogP contribution in [0.15, 0.2) is 59.0 Å². The molecule has 0 spiro atoms. The number of esters is 1. The van der Waals surface area contributed by atoms with Gasteiger partial charge < -0.3 is 10.1 Å². The molecule has 0 fully saturated rings. The van der Waals surface area contributed by atoms with Gasteiger partial charge in [0.15, 0.2) is 0 Å². The van der Waals surface area contributed by atoms with E-state index in [2.05, 4.69) is 10.3 Å². The molecule has 0 atom stereocenters. The number of thiophene rings is 1. The fourth-order valence-electron chi connectivity index (χ4n) is 3.53. The van der Waals surface area contributed by atoms with Crippen molar-refractivity contribution in [1.82, 2.24) is 9.55 Å². The van der Waals surface area contributed by atoms with Crippen molar-refractivity contribution in [2.45, 2.75) is 27.3 Å². The van der Waals surface area contributed by atoms with Gasteiger partial charge in [-0.2, -0.15) is 0 Å². The van der Waals surface area contributed by atoms with Crippen molar-refractivity contribution in [3.05, 3.63) is 81.2 Å². The van der Waals surface area contributed by atoms with Crippen molar-refractivity contribution in [3.8, 4) is 11.1 Å². The van der Waals surface area contributed by atoms with Gasteiger partial charge in [0.2, 0.25) is 5.91 Å². The van der Waals surface area contributed by atoms with Crippen molar-refractivity contribution in [2.24, 2.45) is 0 Å². The minimum atomic E-state index is -0.523. The lowest BCUT2D eigenvalue weighted by Gasteiger charge is -2.11. The summed E-state index contributed by atoms with van der Waals surface area (Å²) < 4.78 is 6.32. The molecule has 2 aromatic carbocycles. The molecule has 4 aromatic rings. The number of carbonyl (C=O) groups is 2. The van der Waals surface area contributed by atoms with Crippen LogP contribution in [0.25, 0.3) is 21.3 Å². The van der Waals surface area contributed by atoms with E-state index >= 15 is 0 Å². The number of carbonyl (C=O) groups excluding carboxylic acids is 2. The van der Waals surface area contributed by atoms with Crippen LogP contribution < -0.4 is 10.9 Å². The van der Waals surface area contributed by atoms with Crippen LogP contribution in [0.4, 0.5) is 5.69 Å². The zero-order chi connectivity index (χ0) is 23.5. The Kier molecular flexibility index (Phi) is 6.37. The summed E-state index contributed by atoms with van der Waals surface area (Å²) in [5, 5.41) is 5.11. The summed E-state index contributed by atoms with van der Waals surface area (Å²) in [6.45, 7) is 5.78. The Bertz CT molecular complexity index is 1420. The number of benzene rings is 2. The first-order valence-electron chi connectivity index (χ1n) is 10.5. The third-order valence-corrected chi connectivity index (χ3v) is 6.28. The van der Waals surface area contributed by atoms with E-state index in [0.717, 1.165) is 16.7 Å². The van der Waals surface area contributed by atoms with Gasteiger partial charge in [-0.15, -0.1) is 11.3 Å². The van der Waals surface area contributed by atoms with Gasteiger partial charge in [-0.1, -0.05) is 30.3 Å². The summed E-state index contributed by atoms with van der Waals surface area (Å²) in [5.41, 5.74) is 4.34. The molecule has 0 unspecified atom stereocenters. The molecule has 8 heteroatoms. The molecule has 1 amide bonds. The van der Waals surface area contributed by atoms with Crippen LogP contribution in [0.3, 0.4) is 0 Å². The number of ether oxygens (including phenoxy) is 1. The van der Waals surface area contributed by atoms with Gasteiger partial charge in [-0.05, 0) is 49.6 Å². The first-order chi connectivity index (χ1) is 15.9. The second-order valence-corrected chi connectivity index (χ2v) is 8.48. The number of hydrogen-bond acceptors (Lipinski definition) is 6. The standard InChI is InChI=1S/C25H23N3O4S/c1-4-32-25(31)18-7-5-6-8-20(18)27-21(29)12-28-14-26-23-22(24(28)30)19(13-33-23)17-10-9-15(2)16(3)11-17/h5-11,13-14H,4,12H2,1-3H3,(H,27,29). The van der Waals surface area contributed by atoms with Gasteiger partial charge in [0.25, 0.3) is 5.56 Å². The highest BCUT2D eigenvalue weighted by atomic mass is 32.1. The van der Waals surface area contributed by atoms with Gasteiger partial charge in [0.1, 0.15) is 11.4 Å². The molecule has 2 aromatic heterocycles. The molecule has 4 rings (SSSR count). The lowest BCUT2D eigenvalue weighted by Crippen LogP contribution is -2.28. The highest BCUT2D eigenvalue weighted by Crippen LogP contribution is 2.31. The highest BCUT2D eigenvalue weighted by Gasteiger charge is 2.17. The quantitative estimate of drug-likeness (QED) is 0.425. The molecule has 0 aliphatic heterocycles. The number of fused-ring (bicyclic) bond motifs is 1. The summed E-state index contributed by atoms with van der Waals surface area (Å²) in [6, 6.07) is 12.7. The van der Waals surface area contributed by atoms with Crippen molar-refractivity contribution in [3.63, 3.8) is 0 Å². The van der Waals surface area contributed by atoms with Gasteiger partial charge in [-0.25, -0.2) is 9.78 Å². The fraction of sp³-hybridized carbons (Fsp3) is 0.200. The molecule has 7 nitrogen and oxygen atoms in total. The van der Waals surface area contributed by atoms with Crippen LogP contribution in [-0.4, -0.2) is 28.0 Å². The maximum Gasteiger partial charge on any atom is 0.340 e. The monoisotopic (exact) mass is 461 g/mol. The van der Waals surface area contributed by atoms with E-state index in [9.17, 15) is 14.4 Å². The maximum absolute atomic E-state index is 13.3. The van der Waals surface area contributed by atoms with Crippen molar-refractivity contribution in [2.75, 3.05) is 11.9 Å². The van der Waals surface area contributed by atoms with E-state index in [0.29, 0.717) is 15.9 Å². The second kappa shape index (κ2) is 9.38. The third-order valence-electron chi connectivity index (χ3n) is 5.39. The molecule has 2 heterocycles. The zero-order valence-corrected chi connectivity index (χ0v) is 19.4. The highest BCUT2D eigenvalue weighted by molar-refractivity contribution is 7.17. The summed E-state index contributed by atoms with van der Waals surface area (Å²) in [4.78, 5) is 43.2. The molecule has 0 radical (unpaired) electrons. The van der Waals surface area contributed by atoms with E-state index in [1.54, 1.807) is 31.2 Å². The van der Waals surface area contributed by atoms with Crippen LogP contribution >= 0.6 is 11.3 Å². The number of hydrogen-bond donors (Lipinski definition) is 1. The minimum absolute atomic E-state index is 0.228. The summed E-state index contributed by atoms with van der Waals surface area (Å²) in [6.07, 6.45) is 1.38. The topological polar surface area (TPSA) is 90.3 Å². The number of aryl methyl sites for hydroxylation is 2. The predicted molar refractivity (Wildman–Crippen MR) is 130 cm³/mol. The number of amides is 1. The van der Waals surface area contributed by atoms with E-state index in [-0.39, 0.29) is 24.3 Å². The first-order valence-corrected chi connectivity index (χ1v) is 11.4. The average Bonchev–Trinajstić information content (AvgIpc) is 3.23. The van der Waals surface area contributed by atoms with E-state index in [1.807, 2.05) is 37.4 Å². The molecule has 0 aliphatic rings. The Morgan fingerprint density at radius 2 is 1.91 bits per heavy atom. The number of nitrogens with one attached hydrogen (secondary N) is 1. The predicted octanol–water partition coefficient (Wildman–Crippen LogP) is 4.56. The molecular formula is C25H23N3O4S. The molecule has 0 bridgehead atoms. The Labute approximate surface area is 194 Å². The lowest BCUT2D eigenvalue weighted by molar-refractivity contribution is -0.116. The third kappa shape index (κ3) is 4.56. The van der Waals surface area contributed by atoms with E-state index in [1.165, 1.54) is 27.8 Å². The van der Waals surface area contributed by atoms with Crippen LogP contribution in [0.5, 0.6) is 0 Å². The fourth-order valence-corrected chi connectivity index (χ4v) is 4.43. The molecular weight excluding hydrogens is 438 g/mol. The van der Waals surface area contributed by atoms with Crippen molar-refractivity contribution < 1.29 is 14.3 Å². The Morgan fingerprint density at radius 1 is 1.12 bits per heavy atom. The van der Waals surface area contributed by atoms with Crippen molar-refractivity contribution >= 4 is 39.1 Å². The lowest BCUT2D eigenvalue weighted by atomic mass is 10.0. The summed E-state index contributed by atoms with van der Waals surface area (Å²) in [7, 11) is 0. The van der Waals surface area contributed by atoms with Gasteiger partial charge in [0.05, 0.1) is 29.6 Å². The van der Waals surface area contributed by atoms with Crippen LogP contribution in [0, 0.1) is 13.8 Å². The first kappa shape index (κ1) is 22.4. The second-order valence-electron chi connectivity index (χ2n) is 7.62. The average molecular weight is 462 g/mol. The minimum Gasteiger partial charge on any atom is -0.462 e. The van der Waals surface area contributed by atoms with Crippen LogP contribution in [-0.2, 0) is 16.1 Å². The van der Waals surface area contributed by atoms with Crippen LogP contribution in [0.2, 0.25) is 0 Å². The Morgan fingerprint density at radius 3 is 2.67 bits per heavy atom. The summed E-state index contributed by atoms with van der Waals surface area (Å²) >= 11 is 1.40. The maximum atomic E-state index is 13.3. The number of para-hydroxylation sites is 1. The zero-order valence-electron chi connectivity index (χ0n) is 18.5. The van der Waals surface area contributed by atoms with Gasteiger partial charge in [-0.3, -0.25) is 14.2 Å². The van der Waals surface area contributed by atoms with E-state index < -0.39 is 11.9 Å². The normalized spacial score (nSPS) is 10.9.